The Kier molecular flexibility index (Phi) is 11.6. The van der Waals surface area contributed by atoms with Crippen LogP contribution < -0.4 is 18.9 Å². The van der Waals surface area contributed by atoms with Gasteiger partial charge in [-0.3, -0.25) is 14.4 Å². The Hall–Kier alpha value is -4.07. The van der Waals surface area contributed by atoms with Gasteiger partial charge in [-0.15, -0.1) is 0 Å². The molecule has 0 spiro atoms. The Bertz CT molecular complexity index is 1170. The van der Waals surface area contributed by atoms with E-state index in [-0.39, 0.29) is 30.4 Å². The zero-order chi connectivity index (χ0) is 28.1. The van der Waals surface area contributed by atoms with Crippen molar-refractivity contribution in [1.29, 1.82) is 0 Å². The highest BCUT2D eigenvalue weighted by molar-refractivity contribution is 6.10. The van der Waals surface area contributed by atoms with Crippen LogP contribution in [-0.4, -0.2) is 51.1 Å². The number of carbonyl (C=O) groups excluding carboxylic acids is 3. The van der Waals surface area contributed by atoms with Crippen molar-refractivity contribution in [3.05, 3.63) is 59.7 Å². The summed E-state index contributed by atoms with van der Waals surface area (Å²) < 4.78 is 26.9. The normalized spacial score (nSPS) is 11.4. The van der Waals surface area contributed by atoms with Crippen LogP contribution in [-0.2, 0) is 19.1 Å². The molecule has 0 saturated carbocycles. The second-order valence-electron chi connectivity index (χ2n) is 9.34. The van der Waals surface area contributed by atoms with Gasteiger partial charge in [-0.2, -0.15) is 0 Å². The first kappa shape index (κ1) is 30.2. The highest BCUT2D eigenvalue weighted by Crippen LogP contribution is 2.29. The van der Waals surface area contributed by atoms with Gasteiger partial charge in [0.2, 0.25) is 0 Å². The van der Waals surface area contributed by atoms with Crippen molar-refractivity contribution in [2.24, 2.45) is 0 Å². The van der Waals surface area contributed by atoms with Crippen LogP contribution in [0.5, 0.6) is 23.0 Å². The van der Waals surface area contributed by atoms with E-state index in [1.54, 1.807) is 55.7 Å². The highest BCUT2D eigenvalue weighted by atomic mass is 16.6. The summed E-state index contributed by atoms with van der Waals surface area (Å²) >= 11 is 0. The van der Waals surface area contributed by atoms with Crippen LogP contribution in [0.15, 0.2) is 48.6 Å². The second kappa shape index (κ2) is 14.6. The maximum absolute atomic E-state index is 12.3. The van der Waals surface area contributed by atoms with Gasteiger partial charge in [0, 0.05) is 6.42 Å². The number of ketones is 2. The molecule has 0 aliphatic heterocycles. The van der Waals surface area contributed by atoms with E-state index in [1.807, 2.05) is 20.8 Å². The van der Waals surface area contributed by atoms with Gasteiger partial charge >= 0.3 is 5.97 Å². The van der Waals surface area contributed by atoms with Crippen LogP contribution >= 0.6 is 0 Å². The number of benzene rings is 2. The van der Waals surface area contributed by atoms with Crippen molar-refractivity contribution in [3.63, 3.8) is 0 Å². The van der Waals surface area contributed by atoms with Gasteiger partial charge in [0.1, 0.15) is 5.60 Å². The Balaban J connectivity index is 1.88. The molecule has 0 unspecified atom stereocenters. The minimum absolute atomic E-state index is 0.254. The molecule has 2 aromatic rings. The molecule has 0 fully saturated rings. The number of allylic oxidation sites excluding steroid dienone is 2. The number of rotatable bonds is 14. The lowest BCUT2D eigenvalue weighted by molar-refractivity contribution is -0.155. The number of hydrogen-bond acceptors (Lipinski definition) is 8. The van der Waals surface area contributed by atoms with Crippen LogP contribution in [0, 0.1) is 0 Å². The fourth-order valence-corrected chi connectivity index (χ4v) is 3.32. The number of ether oxygens (including phenoxy) is 5. The molecular formula is C30H36O8. The van der Waals surface area contributed by atoms with Gasteiger partial charge in [-0.25, -0.2) is 0 Å². The molecule has 204 valence electrons. The van der Waals surface area contributed by atoms with Crippen molar-refractivity contribution in [2.45, 2.75) is 45.6 Å². The molecule has 2 rings (SSSR count). The number of hydrogen-bond donors (Lipinski definition) is 0. The summed E-state index contributed by atoms with van der Waals surface area (Å²) in [6.07, 6.45) is 6.47. The first-order valence-electron chi connectivity index (χ1n) is 12.2. The van der Waals surface area contributed by atoms with E-state index in [0.717, 1.165) is 5.56 Å². The average molecular weight is 525 g/mol. The standard InChI is InChI=1S/C30H36O8/c1-30(2,3)38-29(33)8-7-17-37-26-16-12-22(19-28(26)36-6)10-14-24(32)20-23(31)13-9-21-11-15-25(34-4)27(18-21)35-5/h9-16,18-19H,7-8,17,20H2,1-6H3/b13-9+,14-10+. The fourth-order valence-electron chi connectivity index (χ4n) is 3.32. The van der Waals surface area contributed by atoms with Gasteiger partial charge in [-0.1, -0.05) is 24.3 Å². The third kappa shape index (κ3) is 10.5. The van der Waals surface area contributed by atoms with E-state index in [1.165, 1.54) is 26.4 Å². The van der Waals surface area contributed by atoms with Crippen LogP contribution in [0.2, 0.25) is 0 Å². The summed E-state index contributed by atoms with van der Waals surface area (Å²) in [7, 11) is 4.60. The topological polar surface area (TPSA) is 97.4 Å². The molecule has 0 aliphatic rings. The summed E-state index contributed by atoms with van der Waals surface area (Å²) in [6, 6.07) is 10.5. The summed E-state index contributed by atoms with van der Waals surface area (Å²) in [5.74, 6) is 1.24. The third-order valence-electron chi connectivity index (χ3n) is 5.07. The average Bonchev–Trinajstić information content (AvgIpc) is 2.87. The fraction of sp³-hybridized carbons (Fsp3) is 0.367. The molecule has 0 bridgehead atoms. The summed E-state index contributed by atoms with van der Waals surface area (Å²) in [5, 5.41) is 0. The Labute approximate surface area is 224 Å². The maximum Gasteiger partial charge on any atom is 0.306 e. The highest BCUT2D eigenvalue weighted by Gasteiger charge is 2.16. The molecule has 0 aromatic heterocycles. The molecule has 0 N–H and O–H groups in total. The molecule has 2 aromatic carbocycles. The Morgan fingerprint density at radius 3 is 1.74 bits per heavy atom. The lowest BCUT2D eigenvalue weighted by Gasteiger charge is -2.19. The van der Waals surface area contributed by atoms with Gasteiger partial charge in [0.25, 0.3) is 0 Å². The minimum Gasteiger partial charge on any atom is -0.493 e. The Morgan fingerprint density at radius 1 is 0.737 bits per heavy atom. The summed E-state index contributed by atoms with van der Waals surface area (Å²) in [4.78, 5) is 36.3. The van der Waals surface area contributed by atoms with E-state index in [4.69, 9.17) is 23.7 Å². The molecule has 8 heteroatoms. The molecule has 0 radical (unpaired) electrons. The van der Waals surface area contributed by atoms with Crippen LogP contribution in [0.1, 0.15) is 51.2 Å². The Morgan fingerprint density at radius 2 is 1.24 bits per heavy atom. The largest absolute Gasteiger partial charge is 0.493 e. The van der Waals surface area contributed by atoms with Crippen molar-refractivity contribution >= 4 is 29.7 Å². The van der Waals surface area contributed by atoms with Gasteiger partial charge in [0.15, 0.2) is 34.6 Å². The van der Waals surface area contributed by atoms with Gasteiger partial charge < -0.3 is 23.7 Å². The minimum atomic E-state index is -0.512. The second-order valence-corrected chi connectivity index (χ2v) is 9.34. The molecule has 38 heavy (non-hydrogen) atoms. The number of methoxy groups -OCH3 is 3. The zero-order valence-corrected chi connectivity index (χ0v) is 22.9. The predicted molar refractivity (Wildman–Crippen MR) is 146 cm³/mol. The number of esters is 1. The van der Waals surface area contributed by atoms with Gasteiger partial charge in [-0.05, 0) is 74.7 Å². The lowest BCUT2D eigenvalue weighted by Crippen LogP contribution is -2.23. The van der Waals surface area contributed by atoms with E-state index in [9.17, 15) is 14.4 Å². The van der Waals surface area contributed by atoms with Crippen molar-refractivity contribution < 1.29 is 38.1 Å². The van der Waals surface area contributed by atoms with E-state index in [0.29, 0.717) is 41.6 Å². The van der Waals surface area contributed by atoms with E-state index >= 15 is 0 Å². The number of carbonyl (C=O) groups is 3. The monoisotopic (exact) mass is 524 g/mol. The van der Waals surface area contributed by atoms with Crippen molar-refractivity contribution in [3.8, 4) is 23.0 Å². The molecule has 8 nitrogen and oxygen atoms in total. The molecular weight excluding hydrogens is 488 g/mol. The summed E-state index contributed by atoms with van der Waals surface area (Å²) in [5.41, 5.74) is 0.949. The van der Waals surface area contributed by atoms with Crippen molar-refractivity contribution in [2.75, 3.05) is 27.9 Å². The third-order valence-corrected chi connectivity index (χ3v) is 5.07. The molecule has 0 aliphatic carbocycles. The van der Waals surface area contributed by atoms with Crippen molar-refractivity contribution in [1.82, 2.24) is 0 Å². The van der Waals surface area contributed by atoms with E-state index < -0.39 is 5.60 Å². The SMILES string of the molecule is COc1ccc(/C=C/C(=O)CC(=O)/C=C/c2ccc(OCCCC(=O)OC(C)(C)C)c(OC)c2)cc1OC. The first-order valence-corrected chi connectivity index (χ1v) is 12.2. The zero-order valence-electron chi connectivity index (χ0n) is 22.9. The first-order chi connectivity index (χ1) is 18.0. The maximum atomic E-state index is 12.3. The van der Waals surface area contributed by atoms with E-state index in [2.05, 4.69) is 0 Å². The molecule has 0 heterocycles. The van der Waals surface area contributed by atoms with Gasteiger partial charge in [0.05, 0.1) is 34.4 Å². The van der Waals surface area contributed by atoms with Crippen LogP contribution in [0.4, 0.5) is 0 Å². The molecule has 0 atom stereocenters. The smallest absolute Gasteiger partial charge is 0.306 e. The molecule has 0 saturated heterocycles. The summed E-state index contributed by atoms with van der Waals surface area (Å²) in [6.45, 7) is 5.80. The quantitative estimate of drug-likeness (QED) is 0.139. The molecule has 0 amide bonds. The van der Waals surface area contributed by atoms with Crippen LogP contribution in [0.3, 0.4) is 0 Å². The van der Waals surface area contributed by atoms with Crippen LogP contribution in [0.25, 0.3) is 12.2 Å². The predicted octanol–water partition coefficient (Wildman–Crippen LogP) is 5.47. The lowest BCUT2D eigenvalue weighted by atomic mass is 10.1.